The molecule has 0 aromatic heterocycles. The Morgan fingerprint density at radius 3 is 2.28 bits per heavy atom. The van der Waals surface area contributed by atoms with Crippen molar-refractivity contribution in [1.82, 2.24) is 15.5 Å². The van der Waals surface area contributed by atoms with Crippen molar-refractivity contribution in [3.63, 3.8) is 0 Å². The molecule has 7 heteroatoms. The van der Waals surface area contributed by atoms with Gasteiger partial charge >= 0.3 is 0 Å². The maximum absolute atomic E-state index is 11.8. The first kappa shape index (κ1) is 25.4. The molecule has 0 saturated carbocycles. The van der Waals surface area contributed by atoms with E-state index in [1.165, 1.54) is 6.26 Å². The molecule has 0 aliphatic heterocycles. The predicted molar refractivity (Wildman–Crippen MR) is 123 cm³/mol. The normalized spacial score (nSPS) is 13.8. The molecule has 0 amide bonds. The van der Waals surface area contributed by atoms with Crippen molar-refractivity contribution >= 4 is 15.8 Å². The largest absolute Gasteiger partial charge is 0.357 e. The molecular formula is C22H40N4O2S. The Hall–Kier alpha value is -1.60. The number of nitrogens with one attached hydrogen (secondary N) is 2. The Bertz CT molecular complexity index is 756. The third kappa shape index (κ3) is 8.74. The van der Waals surface area contributed by atoms with Crippen LogP contribution in [-0.2, 0) is 16.4 Å². The van der Waals surface area contributed by atoms with Crippen LogP contribution in [0.25, 0.3) is 0 Å². The number of guanidine groups is 1. The second-order valence-corrected chi connectivity index (χ2v) is 9.94. The maximum atomic E-state index is 11.8. The summed E-state index contributed by atoms with van der Waals surface area (Å²) in [6.45, 7) is 17.0. The van der Waals surface area contributed by atoms with Gasteiger partial charge in [0, 0.05) is 25.4 Å². The summed E-state index contributed by atoms with van der Waals surface area (Å²) in [6, 6.07) is 5.88. The molecule has 1 aromatic carbocycles. The predicted octanol–water partition coefficient (Wildman–Crippen LogP) is 3.21. The Kier molecular flexibility index (Phi) is 10.7. The van der Waals surface area contributed by atoms with Crippen LogP contribution in [-0.4, -0.2) is 57.8 Å². The molecule has 0 bridgehead atoms. The van der Waals surface area contributed by atoms with Gasteiger partial charge in [0.05, 0.1) is 11.4 Å². The van der Waals surface area contributed by atoms with Gasteiger partial charge in [0.25, 0.3) is 0 Å². The van der Waals surface area contributed by atoms with Crippen LogP contribution in [0, 0.1) is 12.8 Å². The zero-order valence-electron chi connectivity index (χ0n) is 19.2. The topological polar surface area (TPSA) is 73.8 Å². The van der Waals surface area contributed by atoms with Crippen molar-refractivity contribution in [3.8, 4) is 0 Å². The van der Waals surface area contributed by atoms with Gasteiger partial charge < -0.3 is 10.6 Å². The summed E-state index contributed by atoms with van der Waals surface area (Å²) < 4.78 is 23.6. The van der Waals surface area contributed by atoms with Crippen LogP contribution in [0.2, 0.25) is 0 Å². The van der Waals surface area contributed by atoms with Gasteiger partial charge in [-0.2, -0.15) is 0 Å². The van der Waals surface area contributed by atoms with Crippen LogP contribution in [0.3, 0.4) is 0 Å². The number of benzene rings is 1. The molecule has 0 heterocycles. The maximum Gasteiger partial charge on any atom is 0.191 e. The molecule has 0 fully saturated rings. The van der Waals surface area contributed by atoms with Crippen molar-refractivity contribution in [2.45, 2.75) is 65.4 Å². The molecule has 6 nitrogen and oxygen atoms in total. The van der Waals surface area contributed by atoms with E-state index in [1.54, 1.807) is 6.07 Å². The molecule has 1 unspecified atom stereocenters. The van der Waals surface area contributed by atoms with Crippen LogP contribution < -0.4 is 10.6 Å². The fraction of sp³-hybridized carbons (Fsp3) is 0.682. The summed E-state index contributed by atoms with van der Waals surface area (Å²) in [5, 5.41) is 6.81. The van der Waals surface area contributed by atoms with Crippen LogP contribution in [0.15, 0.2) is 28.1 Å². The molecule has 0 saturated heterocycles. The van der Waals surface area contributed by atoms with Crippen molar-refractivity contribution < 1.29 is 8.42 Å². The fourth-order valence-corrected chi connectivity index (χ4v) is 4.56. The van der Waals surface area contributed by atoms with Gasteiger partial charge in [-0.15, -0.1) is 0 Å². The Labute approximate surface area is 178 Å². The lowest BCUT2D eigenvalue weighted by atomic mass is 10.0. The second kappa shape index (κ2) is 12.2. The summed E-state index contributed by atoms with van der Waals surface area (Å²) in [5.74, 6) is 1.43. The number of hydrogen-bond acceptors (Lipinski definition) is 4. The summed E-state index contributed by atoms with van der Waals surface area (Å²) in [7, 11) is -3.20. The minimum absolute atomic E-state index is 0.381. The minimum atomic E-state index is -3.20. The Morgan fingerprint density at radius 1 is 1.14 bits per heavy atom. The molecular weight excluding hydrogens is 384 g/mol. The van der Waals surface area contributed by atoms with Crippen LogP contribution in [0.1, 0.15) is 52.2 Å². The molecule has 1 rings (SSSR count). The first-order chi connectivity index (χ1) is 13.6. The number of hydrogen-bond donors (Lipinski definition) is 2. The number of likely N-dealkylation sites (N-methyl/N-ethyl adjacent to an activating group) is 1. The highest BCUT2D eigenvalue weighted by molar-refractivity contribution is 7.90. The van der Waals surface area contributed by atoms with Crippen molar-refractivity contribution in [2.24, 2.45) is 10.9 Å². The summed E-state index contributed by atoms with van der Waals surface area (Å²) >= 11 is 0. The van der Waals surface area contributed by atoms with Gasteiger partial charge in [-0.1, -0.05) is 39.8 Å². The zero-order valence-corrected chi connectivity index (χ0v) is 20.1. The average molecular weight is 425 g/mol. The van der Waals surface area contributed by atoms with Gasteiger partial charge in [0.1, 0.15) is 0 Å². The van der Waals surface area contributed by atoms with Crippen LogP contribution in [0.5, 0.6) is 0 Å². The van der Waals surface area contributed by atoms with E-state index >= 15 is 0 Å². The highest BCUT2D eigenvalue weighted by Gasteiger charge is 2.17. The van der Waals surface area contributed by atoms with Gasteiger partial charge in [-0.05, 0) is 56.5 Å². The molecule has 0 aliphatic carbocycles. The standard InChI is InChI=1S/C22H40N4O2S/c1-8-23-22(25-16-20(13-17(4)5)26(9-2)10-3)24-15-19-11-12-21(18(6)14-19)29(7,27)28/h11-12,14,17,20H,8-10,13,15-16H2,1-7H3,(H2,23,24,25). The lowest BCUT2D eigenvalue weighted by Crippen LogP contribution is -2.47. The molecule has 0 radical (unpaired) electrons. The van der Waals surface area contributed by atoms with E-state index in [2.05, 4.69) is 50.2 Å². The van der Waals surface area contributed by atoms with E-state index in [1.807, 2.05) is 19.1 Å². The number of rotatable bonds is 11. The number of nitrogens with zero attached hydrogens (tertiary/aromatic N) is 2. The van der Waals surface area contributed by atoms with Gasteiger partial charge in [0.15, 0.2) is 15.8 Å². The monoisotopic (exact) mass is 424 g/mol. The van der Waals surface area contributed by atoms with Crippen LogP contribution >= 0.6 is 0 Å². The van der Waals surface area contributed by atoms with E-state index in [0.29, 0.717) is 23.4 Å². The molecule has 29 heavy (non-hydrogen) atoms. The first-order valence-corrected chi connectivity index (χ1v) is 12.6. The highest BCUT2D eigenvalue weighted by Crippen LogP contribution is 2.17. The number of aryl methyl sites for hydroxylation is 1. The Morgan fingerprint density at radius 2 is 1.79 bits per heavy atom. The second-order valence-electron chi connectivity index (χ2n) is 7.95. The Balaban J connectivity index is 2.88. The smallest absolute Gasteiger partial charge is 0.191 e. The van der Waals surface area contributed by atoms with E-state index in [-0.39, 0.29) is 0 Å². The molecule has 1 atom stereocenters. The van der Waals surface area contributed by atoms with Gasteiger partial charge in [0.2, 0.25) is 0 Å². The van der Waals surface area contributed by atoms with E-state index < -0.39 is 9.84 Å². The molecule has 1 aromatic rings. The average Bonchev–Trinajstić information content (AvgIpc) is 2.63. The van der Waals surface area contributed by atoms with Gasteiger partial charge in [-0.3, -0.25) is 4.90 Å². The first-order valence-electron chi connectivity index (χ1n) is 10.7. The lowest BCUT2D eigenvalue weighted by molar-refractivity contribution is 0.191. The summed E-state index contributed by atoms with van der Waals surface area (Å²) in [6.07, 6.45) is 2.38. The highest BCUT2D eigenvalue weighted by atomic mass is 32.2. The van der Waals surface area contributed by atoms with Crippen LogP contribution in [0.4, 0.5) is 0 Å². The third-order valence-electron chi connectivity index (χ3n) is 4.98. The van der Waals surface area contributed by atoms with E-state index in [9.17, 15) is 8.42 Å². The number of sulfone groups is 1. The van der Waals surface area contributed by atoms with Crippen molar-refractivity contribution in [3.05, 3.63) is 29.3 Å². The number of aliphatic imine (C=N–C) groups is 1. The van der Waals surface area contributed by atoms with E-state index in [4.69, 9.17) is 4.99 Å². The van der Waals surface area contributed by atoms with Gasteiger partial charge in [-0.25, -0.2) is 13.4 Å². The molecule has 166 valence electrons. The molecule has 0 spiro atoms. The third-order valence-corrected chi connectivity index (χ3v) is 6.24. The minimum Gasteiger partial charge on any atom is -0.357 e. The SMILES string of the molecule is CCNC(=NCc1ccc(S(C)(=O)=O)c(C)c1)NCC(CC(C)C)N(CC)CC. The fourth-order valence-electron chi connectivity index (χ4n) is 3.60. The summed E-state index contributed by atoms with van der Waals surface area (Å²) in [5.41, 5.74) is 1.76. The molecule has 2 N–H and O–H groups in total. The molecule has 0 aliphatic rings. The zero-order chi connectivity index (χ0) is 22.0. The summed E-state index contributed by atoms with van der Waals surface area (Å²) in [4.78, 5) is 7.58. The van der Waals surface area contributed by atoms with Crippen molar-refractivity contribution in [2.75, 3.05) is 32.4 Å². The quantitative estimate of drug-likeness (QED) is 0.421. The van der Waals surface area contributed by atoms with E-state index in [0.717, 1.165) is 49.7 Å². The van der Waals surface area contributed by atoms with Crippen molar-refractivity contribution in [1.29, 1.82) is 0 Å². The lowest BCUT2D eigenvalue weighted by Gasteiger charge is -2.31.